The summed E-state index contributed by atoms with van der Waals surface area (Å²) in [5.74, 6) is 0.732. The number of methoxy groups -OCH3 is 2. The number of aromatic nitrogens is 1. The number of thiazole rings is 1. The molecule has 2 heterocycles. The van der Waals surface area contributed by atoms with Gasteiger partial charge in [-0.15, -0.1) is 0 Å². The van der Waals surface area contributed by atoms with E-state index in [0.717, 1.165) is 18.4 Å². The molecule has 0 bridgehead atoms. The van der Waals surface area contributed by atoms with Crippen molar-refractivity contribution in [1.82, 2.24) is 4.57 Å². The fourth-order valence-electron chi connectivity index (χ4n) is 4.68. The summed E-state index contributed by atoms with van der Waals surface area (Å²) in [6.07, 6.45) is 3.71. The molecule has 1 aliphatic heterocycles. The van der Waals surface area contributed by atoms with Crippen molar-refractivity contribution >= 4 is 29.4 Å². The zero-order valence-electron chi connectivity index (χ0n) is 26.1. The number of allylic oxidation sites excluding steroid dienone is 1. The number of hydrogen-bond acceptors (Lipinski definition) is 10. The second kappa shape index (κ2) is 14.4. The molecule has 0 N–H and O–H groups in total. The maximum absolute atomic E-state index is 14.1. The molecule has 0 saturated heterocycles. The summed E-state index contributed by atoms with van der Waals surface area (Å²) in [5, 5.41) is 0. The van der Waals surface area contributed by atoms with E-state index in [4.69, 9.17) is 23.7 Å². The Hall–Kier alpha value is -4.38. The summed E-state index contributed by atoms with van der Waals surface area (Å²) in [6.45, 7) is 9.79. The van der Waals surface area contributed by atoms with Gasteiger partial charge in [0, 0.05) is 6.92 Å². The number of benzene rings is 2. The first-order chi connectivity index (χ1) is 21.1. The minimum absolute atomic E-state index is 0.114. The maximum atomic E-state index is 14.1. The van der Waals surface area contributed by atoms with Gasteiger partial charge in [-0.25, -0.2) is 9.79 Å². The van der Waals surface area contributed by atoms with Gasteiger partial charge in [0.1, 0.15) is 0 Å². The molecule has 44 heavy (non-hydrogen) atoms. The molecule has 2 aromatic carbocycles. The fraction of sp³-hybridized carbons (Fsp3) is 0.394. The largest absolute Gasteiger partial charge is 0.493 e. The van der Waals surface area contributed by atoms with Crippen LogP contribution in [0.3, 0.4) is 0 Å². The van der Waals surface area contributed by atoms with Crippen LogP contribution in [-0.2, 0) is 14.3 Å². The van der Waals surface area contributed by atoms with Gasteiger partial charge < -0.3 is 23.7 Å². The molecule has 1 unspecified atom stereocenters. The lowest BCUT2D eigenvalue weighted by Gasteiger charge is -2.25. The van der Waals surface area contributed by atoms with E-state index >= 15 is 0 Å². The average Bonchev–Trinajstić information content (AvgIpc) is 3.29. The van der Waals surface area contributed by atoms with E-state index in [-0.39, 0.29) is 35.2 Å². The second-order valence-electron chi connectivity index (χ2n) is 10.7. The van der Waals surface area contributed by atoms with Crippen LogP contribution in [0.25, 0.3) is 6.08 Å². The molecule has 1 aromatic heterocycles. The first-order valence-corrected chi connectivity index (χ1v) is 15.3. The number of carbonyl (C=O) groups is 2. The van der Waals surface area contributed by atoms with Crippen molar-refractivity contribution in [2.75, 3.05) is 27.4 Å². The topological polar surface area (TPSA) is 115 Å². The molecule has 3 aromatic rings. The third-order valence-corrected chi connectivity index (χ3v) is 7.77. The van der Waals surface area contributed by atoms with Crippen molar-refractivity contribution in [2.24, 2.45) is 10.9 Å². The Bertz CT molecular complexity index is 1750. The molecule has 0 saturated carbocycles. The van der Waals surface area contributed by atoms with Gasteiger partial charge in [-0.1, -0.05) is 50.7 Å². The lowest BCUT2D eigenvalue weighted by Crippen LogP contribution is -2.40. The molecule has 0 fully saturated rings. The molecule has 0 aliphatic carbocycles. The summed E-state index contributed by atoms with van der Waals surface area (Å²) in [4.78, 5) is 44.3. The van der Waals surface area contributed by atoms with Crippen molar-refractivity contribution in [1.29, 1.82) is 0 Å². The zero-order chi connectivity index (χ0) is 32.0. The number of hydrogen-bond donors (Lipinski definition) is 0. The Kier molecular flexibility index (Phi) is 10.6. The monoisotopic (exact) mass is 622 g/mol. The van der Waals surface area contributed by atoms with Gasteiger partial charge in [-0.05, 0) is 60.7 Å². The normalized spacial score (nSPS) is 14.6. The third-order valence-electron chi connectivity index (χ3n) is 6.79. The fourth-order valence-corrected chi connectivity index (χ4v) is 5.73. The van der Waals surface area contributed by atoms with Crippen LogP contribution < -0.4 is 33.8 Å². The number of ether oxygens (including phenoxy) is 5. The summed E-state index contributed by atoms with van der Waals surface area (Å²) in [5.41, 5.74) is 1.65. The van der Waals surface area contributed by atoms with Gasteiger partial charge in [-0.3, -0.25) is 14.2 Å². The smallest absolute Gasteiger partial charge is 0.338 e. The minimum atomic E-state index is -0.864. The van der Waals surface area contributed by atoms with Gasteiger partial charge in [-0.2, -0.15) is 0 Å². The van der Waals surface area contributed by atoms with E-state index in [2.05, 4.69) is 11.9 Å². The number of nitrogens with zero attached hydrogens (tertiary/aromatic N) is 2. The number of fused-ring (bicyclic) bond motifs is 1. The van der Waals surface area contributed by atoms with Crippen LogP contribution in [-0.4, -0.2) is 43.9 Å². The van der Waals surface area contributed by atoms with Crippen LogP contribution in [0.5, 0.6) is 23.0 Å². The highest BCUT2D eigenvalue weighted by Gasteiger charge is 2.34. The van der Waals surface area contributed by atoms with Crippen LogP contribution in [0, 0.1) is 5.92 Å². The van der Waals surface area contributed by atoms with E-state index in [1.165, 1.54) is 29.9 Å². The SMILES string of the molecule is CCCCOc1ccc(/C=c2\sc3n(c2=O)C(c2ccc(OC(C)=O)c(OC)c2)C(C(=O)OCC(C)C)=C(C)N=3)cc1OC. The Labute approximate surface area is 260 Å². The van der Waals surface area contributed by atoms with E-state index in [0.29, 0.717) is 38.7 Å². The predicted molar refractivity (Wildman–Crippen MR) is 167 cm³/mol. The van der Waals surface area contributed by atoms with Crippen LogP contribution in [0.1, 0.15) is 64.6 Å². The Morgan fingerprint density at radius 2 is 1.75 bits per heavy atom. The lowest BCUT2D eigenvalue weighted by atomic mass is 9.95. The van der Waals surface area contributed by atoms with Gasteiger partial charge in [0.15, 0.2) is 27.8 Å². The molecule has 11 heteroatoms. The van der Waals surface area contributed by atoms with Crippen LogP contribution >= 0.6 is 11.3 Å². The molecular weight excluding hydrogens is 584 g/mol. The van der Waals surface area contributed by atoms with E-state index in [1.54, 1.807) is 38.3 Å². The molecule has 1 atom stereocenters. The molecule has 0 spiro atoms. The van der Waals surface area contributed by atoms with Crippen LogP contribution in [0.15, 0.2) is 57.5 Å². The zero-order valence-corrected chi connectivity index (χ0v) is 26.9. The van der Waals surface area contributed by atoms with Crippen molar-refractivity contribution in [3.05, 3.63) is 78.5 Å². The summed E-state index contributed by atoms with van der Waals surface area (Å²) in [7, 11) is 3.02. The molecule has 10 nitrogen and oxygen atoms in total. The van der Waals surface area contributed by atoms with Crippen molar-refractivity contribution < 1.29 is 33.3 Å². The summed E-state index contributed by atoms with van der Waals surface area (Å²) < 4.78 is 29.7. The minimum Gasteiger partial charge on any atom is -0.493 e. The molecule has 4 rings (SSSR count). The maximum Gasteiger partial charge on any atom is 0.338 e. The highest BCUT2D eigenvalue weighted by molar-refractivity contribution is 7.07. The molecule has 1 aliphatic rings. The Morgan fingerprint density at radius 1 is 1.05 bits per heavy atom. The van der Waals surface area contributed by atoms with Gasteiger partial charge >= 0.3 is 11.9 Å². The standard InChI is InChI=1S/C33H38N2O8S/c1-8-9-14-41-24-12-10-22(15-26(24)39-6)16-28-31(37)35-30(23-11-13-25(43-21(5)36)27(17-23)40-7)29(20(4)34-33(35)44-28)32(38)42-18-19(2)3/h10-13,15-17,19,30H,8-9,14,18H2,1-7H3/b28-16-. The predicted octanol–water partition coefficient (Wildman–Crippen LogP) is 4.56. The lowest BCUT2D eigenvalue weighted by molar-refractivity contribution is -0.140. The van der Waals surface area contributed by atoms with Crippen molar-refractivity contribution in [3.8, 4) is 23.0 Å². The van der Waals surface area contributed by atoms with Crippen LogP contribution in [0.4, 0.5) is 0 Å². The summed E-state index contributed by atoms with van der Waals surface area (Å²) in [6, 6.07) is 9.55. The number of unbranched alkanes of at least 4 members (excludes halogenated alkanes) is 1. The van der Waals surface area contributed by atoms with Crippen molar-refractivity contribution in [3.63, 3.8) is 0 Å². The van der Waals surface area contributed by atoms with Gasteiger partial charge in [0.25, 0.3) is 5.56 Å². The third kappa shape index (κ3) is 7.21. The van der Waals surface area contributed by atoms with E-state index in [9.17, 15) is 14.4 Å². The second-order valence-corrected chi connectivity index (χ2v) is 11.7. The van der Waals surface area contributed by atoms with Crippen molar-refractivity contribution in [2.45, 2.75) is 53.5 Å². The molecule has 234 valence electrons. The summed E-state index contributed by atoms with van der Waals surface area (Å²) >= 11 is 1.22. The Morgan fingerprint density at radius 3 is 2.41 bits per heavy atom. The number of rotatable bonds is 12. The van der Waals surface area contributed by atoms with Gasteiger partial charge in [0.2, 0.25) is 0 Å². The van der Waals surface area contributed by atoms with E-state index in [1.807, 2.05) is 32.0 Å². The highest BCUT2D eigenvalue weighted by atomic mass is 32.1. The highest BCUT2D eigenvalue weighted by Crippen LogP contribution is 2.36. The molecular formula is C33H38N2O8S. The Balaban J connectivity index is 1.86. The quantitative estimate of drug-likeness (QED) is 0.164. The molecule has 0 amide bonds. The first kappa shape index (κ1) is 32.5. The number of esters is 2. The van der Waals surface area contributed by atoms with E-state index < -0.39 is 18.0 Å². The number of carbonyl (C=O) groups excluding carboxylic acids is 2. The molecule has 0 radical (unpaired) electrons. The van der Waals surface area contributed by atoms with Gasteiger partial charge in [0.05, 0.1) is 49.3 Å². The van der Waals surface area contributed by atoms with Crippen LogP contribution in [0.2, 0.25) is 0 Å². The first-order valence-electron chi connectivity index (χ1n) is 14.4. The average molecular weight is 623 g/mol.